The van der Waals surface area contributed by atoms with Crippen LogP contribution in [0.2, 0.25) is 0 Å². The Morgan fingerprint density at radius 2 is 1.86 bits per heavy atom. The van der Waals surface area contributed by atoms with Crippen molar-refractivity contribution in [2.24, 2.45) is 0 Å². The highest BCUT2D eigenvalue weighted by atomic mass is 32.1. The van der Waals surface area contributed by atoms with E-state index in [1.165, 1.54) is 11.3 Å². The van der Waals surface area contributed by atoms with Gasteiger partial charge in [-0.25, -0.2) is 4.79 Å². The SMILES string of the molecule is O=C(NCC1COc2ccccc2O1)c1cc2c(=O)oc3ccccc3c2s1. The van der Waals surface area contributed by atoms with E-state index in [-0.39, 0.29) is 12.0 Å². The quantitative estimate of drug-likeness (QED) is 0.539. The second kappa shape index (κ2) is 6.69. The van der Waals surface area contributed by atoms with E-state index in [0.717, 1.165) is 10.1 Å². The first-order chi connectivity index (χ1) is 13.7. The van der Waals surface area contributed by atoms with Gasteiger partial charge in [-0.2, -0.15) is 0 Å². The van der Waals surface area contributed by atoms with Gasteiger partial charge in [-0.15, -0.1) is 11.3 Å². The Morgan fingerprint density at radius 3 is 2.75 bits per heavy atom. The minimum Gasteiger partial charge on any atom is -0.486 e. The van der Waals surface area contributed by atoms with Gasteiger partial charge in [-0.05, 0) is 30.3 Å². The lowest BCUT2D eigenvalue weighted by atomic mass is 10.2. The lowest BCUT2D eigenvalue weighted by Gasteiger charge is -2.26. The molecule has 1 amide bonds. The number of benzene rings is 2. The molecule has 28 heavy (non-hydrogen) atoms. The largest absolute Gasteiger partial charge is 0.486 e. The van der Waals surface area contributed by atoms with Crippen LogP contribution in [-0.4, -0.2) is 25.2 Å². The number of carbonyl (C=O) groups excluding carboxylic acids is 1. The number of rotatable bonds is 3. The summed E-state index contributed by atoms with van der Waals surface area (Å²) in [5, 5.41) is 4.10. The molecule has 5 rings (SSSR count). The fourth-order valence-corrected chi connectivity index (χ4v) is 4.30. The summed E-state index contributed by atoms with van der Waals surface area (Å²) in [6.07, 6.45) is -0.279. The van der Waals surface area contributed by atoms with E-state index in [1.807, 2.05) is 42.5 Å². The van der Waals surface area contributed by atoms with E-state index in [0.29, 0.717) is 40.5 Å². The van der Waals surface area contributed by atoms with Crippen molar-refractivity contribution >= 4 is 38.3 Å². The molecule has 2 aromatic carbocycles. The summed E-state index contributed by atoms with van der Waals surface area (Å²) in [6, 6.07) is 16.3. The second-order valence-electron chi connectivity index (χ2n) is 6.45. The molecule has 1 unspecified atom stereocenters. The predicted molar refractivity (Wildman–Crippen MR) is 107 cm³/mol. The van der Waals surface area contributed by atoms with Crippen LogP contribution in [0, 0.1) is 0 Å². The van der Waals surface area contributed by atoms with E-state index in [4.69, 9.17) is 13.9 Å². The van der Waals surface area contributed by atoms with Crippen molar-refractivity contribution in [1.29, 1.82) is 0 Å². The summed E-state index contributed by atoms with van der Waals surface area (Å²) in [5.74, 6) is 1.11. The number of thiophene rings is 1. The summed E-state index contributed by atoms with van der Waals surface area (Å²) in [5.41, 5.74) is 0.0739. The van der Waals surface area contributed by atoms with Gasteiger partial charge in [-0.1, -0.05) is 24.3 Å². The third kappa shape index (κ3) is 2.90. The van der Waals surface area contributed by atoms with Crippen LogP contribution in [0.25, 0.3) is 21.1 Å². The van der Waals surface area contributed by atoms with Crippen molar-refractivity contribution in [2.45, 2.75) is 6.10 Å². The average Bonchev–Trinajstić information content (AvgIpc) is 3.18. The van der Waals surface area contributed by atoms with E-state index in [1.54, 1.807) is 12.1 Å². The van der Waals surface area contributed by atoms with E-state index in [9.17, 15) is 9.59 Å². The van der Waals surface area contributed by atoms with Crippen molar-refractivity contribution in [3.63, 3.8) is 0 Å². The molecule has 4 aromatic rings. The van der Waals surface area contributed by atoms with Gasteiger partial charge in [0.25, 0.3) is 5.91 Å². The summed E-state index contributed by atoms with van der Waals surface area (Å²) in [6.45, 7) is 0.661. The fraction of sp³-hybridized carbons (Fsp3) is 0.143. The molecule has 0 radical (unpaired) electrons. The van der Waals surface area contributed by atoms with Crippen LogP contribution in [0.1, 0.15) is 9.67 Å². The van der Waals surface area contributed by atoms with Gasteiger partial charge in [0, 0.05) is 5.39 Å². The molecule has 7 heteroatoms. The van der Waals surface area contributed by atoms with Crippen molar-refractivity contribution in [2.75, 3.05) is 13.2 Å². The molecule has 3 heterocycles. The van der Waals surface area contributed by atoms with Gasteiger partial charge in [0.2, 0.25) is 0 Å². The predicted octanol–water partition coefficient (Wildman–Crippen LogP) is 3.58. The molecule has 0 aliphatic carbocycles. The minimum atomic E-state index is -0.440. The van der Waals surface area contributed by atoms with Crippen LogP contribution >= 0.6 is 11.3 Å². The van der Waals surface area contributed by atoms with Crippen molar-refractivity contribution in [1.82, 2.24) is 5.32 Å². The summed E-state index contributed by atoms with van der Waals surface area (Å²) in [7, 11) is 0. The number of carbonyl (C=O) groups is 1. The first-order valence-electron chi connectivity index (χ1n) is 8.81. The topological polar surface area (TPSA) is 77.8 Å². The van der Waals surface area contributed by atoms with Gasteiger partial charge in [0.05, 0.1) is 21.5 Å². The number of nitrogens with one attached hydrogen (secondary N) is 1. The number of fused-ring (bicyclic) bond motifs is 4. The molecular formula is C21H15NO5S. The van der Waals surface area contributed by atoms with Crippen LogP contribution in [0.4, 0.5) is 0 Å². The van der Waals surface area contributed by atoms with Crippen molar-refractivity contribution in [3.8, 4) is 11.5 Å². The first-order valence-corrected chi connectivity index (χ1v) is 9.63. The third-order valence-electron chi connectivity index (χ3n) is 4.57. The molecule has 1 atom stereocenters. The lowest BCUT2D eigenvalue weighted by Crippen LogP contribution is -2.40. The normalized spacial score (nSPS) is 15.6. The van der Waals surface area contributed by atoms with E-state index < -0.39 is 5.63 Å². The Kier molecular flexibility index (Phi) is 4.02. The smallest absolute Gasteiger partial charge is 0.345 e. The van der Waals surface area contributed by atoms with Gasteiger partial charge in [0.1, 0.15) is 18.3 Å². The van der Waals surface area contributed by atoms with Crippen molar-refractivity contribution < 1.29 is 18.7 Å². The standard InChI is InChI=1S/C21H15NO5S/c23-20(22-10-12-11-25-16-7-3-4-8-17(16)26-12)18-9-14-19(28-18)13-5-1-2-6-15(13)27-21(14)24/h1-9,12H,10-11H2,(H,22,23). The zero-order chi connectivity index (χ0) is 19.1. The number of hydrogen-bond donors (Lipinski definition) is 1. The Hall–Kier alpha value is -3.32. The van der Waals surface area contributed by atoms with Crippen molar-refractivity contribution in [3.05, 3.63) is 69.9 Å². The zero-order valence-corrected chi connectivity index (χ0v) is 15.5. The maximum atomic E-state index is 12.6. The van der Waals surface area contributed by atoms with Crippen LogP contribution in [0.15, 0.2) is 63.8 Å². The van der Waals surface area contributed by atoms with E-state index in [2.05, 4.69) is 5.32 Å². The molecule has 140 valence electrons. The summed E-state index contributed by atoms with van der Waals surface area (Å²) >= 11 is 1.28. The van der Waals surface area contributed by atoms with Gasteiger partial charge < -0.3 is 19.2 Å². The lowest BCUT2D eigenvalue weighted by molar-refractivity contribution is 0.0791. The molecule has 2 aromatic heterocycles. The molecule has 0 saturated heterocycles. The molecule has 0 saturated carbocycles. The fourth-order valence-electron chi connectivity index (χ4n) is 3.21. The zero-order valence-electron chi connectivity index (χ0n) is 14.6. The minimum absolute atomic E-state index is 0.257. The molecule has 6 nitrogen and oxygen atoms in total. The highest BCUT2D eigenvalue weighted by Gasteiger charge is 2.22. The maximum Gasteiger partial charge on any atom is 0.345 e. The van der Waals surface area contributed by atoms with Crippen LogP contribution in [0.5, 0.6) is 11.5 Å². The number of hydrogen-bond acceptors (Lipinski definition) is 6. The maximum absolute atomic E-state index is 12.6. The van der Waals surface area contributed by atoms with E-state index >= 15 is 0 Å². The third-order valence-corrected chi connectivity index (χ3v) is 5.74. The first kappa shape index (κ1) is 16.8. The molecule has 1 aliphatic rings. The monoisotopic (exact) mass is 393 g/mol. The van der Waals surface area contributed by atoms with Gasteiger partial charge in [0.15, 0.2) is 11.5 Å². The number of amides is 1. The van der Waals surface area contributed by atoms with Gasteiger partial charge in [-0.3, -0.25) is 4.79 Å². The Balaban J connectivity index is 1.36. The van der Waals surface area contributed by atoms with Crippen LogP contribution in [-0.2, 0) is 0 Å². The average molecular weight is 393 g/mol. The summed E-state index contributed by atoms with van der Waals surface area (Å²) < 4.78 is 17.6. The molecule has 0 spiro atoms. The van der Waals surface area contributed by atoms with Gasteiger partial charge >= 0.3 is 5.63 Å². The highest BCUT2D eigenvalue weighted by Crippen LogP contribution is 2.32. The molecule has 1 aliphatic heterocycles. The Bertz CT molecular complexity index is 1260. The Morgan fingerprint density at radius 1 is 1.07 bits per heavy atom. The molecule has 0 fully saturated rings. The highest BCUT2D eigenvalue weighted by molar-refractivity contribution is 7.21. The van der Waals surface area contributed by atoms with Crippen LogP contribution in [0.3, 0.4) is 0 Å². The second-order valence-corrected chi connectivity index (χ2v) is 7.50. The molecule has 0 bridgehead atoms. The summed E-state index contributed by atoms with van der Waals surface area (Å²) in [4.78, 5) is 25.3. The number of para-hydroxylation sites is 3. The molecule has 1 N–H and O–H groups in total. The number of ether oxygens (including phenoxy) is 2. The molecular weight excluding hydrogens is 378 g/mol. The Labute approximate surface area is 163 Å². The van der Waals surface area contributed by atoms with Crippen LogP contribution < -0.4 is 20.4 Å².